The van der Waals surface area contributed by atoms with Gasteiger partial charge in [-0.3, -0.25) is 9.59 Å². The van der Waals surface area contributed by atoms with E-state index in [1.165, 1.54) is 6.92 Å². The first-order chi connectivity index (χ1) is 7.65. The number of rotatable bonds is 3. The molecule has 0 spiro atoms. The lowest BCUT2D eigenvalue weighted by Gasteiger charge is -2.18. The van der Waals surface area contributed by atoms with E-state index in [4.69, 9.17) is 9.47 Å². The molecule has 0 aliphatic carbocycles. The standard InChI is InChI=1S/C11H11NO4/c1-7(13)5-15-8-2-3-9-10(4-8)16-6-11(14)12-9/h2-4H,5-6H2,1H3,(H,12,14). The predicted molar refractivity (Wildman–Crippen MR) is 56.7 cm³/mol. The van der Waals surface area contributed by atoms with Gasteiger partial charge in [0.15, 0.2) is 12.4 Å². The summed E-state index contributed by atoms with van der Waals surface area (Å²) in [5.74, 6) is 0.877. The number of Topliss-reactive ketones (excluding diaryl/α,β-unsaturated/α-hetero) is 1. The Bertz CT molecular complexity index is 442. The Morgan fingerprint density at radius 3 is 3.12 bits per heavy atom. The van der Waals surface area contributed by atoms with Crippen LogP contribution in [0.2, 0.25) is 0 Å². The Balaban J connectivity index is 2.13. The molecule has 0 aromatic heterocycles. The average Bonchev–Trinajstić information content (AvgIpc) is 2.26. The summed E-state index contributed by atoms with van der Waals surface area (Å²) in [7, 11) is 0. The maximum atomic E-state index is 11.0. The van der Waals surface area contributed by atoms with Gasteiger partial charge in [0.05, 0.1) is 5.69 Å². The van der Waals surface area contributed by atoms with E-state index in [1.807, 2.05) is 0 Å². The topological polar surface area (TPSA) is 64.6 Å². The number of fused-ring (bicyclic) bond motifs is 1. The van der Waals surface area contributed by atoms with E-state index in [0.717, 1.165) is 0 Å². The van der Waals surface area contributed by atoms with Crippen LogP contribution >= 0.6 is 0 Å². The molecule has 1 amide bonds. The van der Waals surface area contributed by atoms with Gasteiger partial charge >= 0.3 is 0 Å². The van der Waals surface area contributed by atoms with Crippen molar-refractivity contribution in [1.29, 1.82) is 0 Å². The van der Waals surface area contributed by atoms with Gasteiger partial charge in [-0.25, -0.2) is 0 Å². The van der Waals surface area contributed by atoms with Crippen LogP contribution in [0, 0.1) is 0 Å². The van der Waals surface area contributed by atoms with Crippen LogP contribution in [-0.2, 0) is 9.59 Å². The molecule has 5 heteroatoms. The summed E-state index contributed by atoms with van der Waals surface area (Å²) in [6, 6.07) is 5.01. The van der Waals surface area contributed by atoms with E-state index >= 15 is 0 Å². The molecule has 1 heterocycles. The summed E-state index contributed by atoms with van der Waals surface area (Å²) in [6.07, 6.45) is 0. The average molecular weight is 221 g/mol. The number of carbonyl (C=O) groups is 2. The normalized spacial score (nSPS) is 13.4. The van der Waals surface area contributed by atoms with Gasteiger partial charge in [-0.2, -0.15) is 0 Å². The smallest absolute Gasteiger partial charge is 0.262 e. The molecule has 0 saturated heterocycles. The van der Waals surface area contributed by atoms with E-state index in [9.17, 15) is 9.59 Å². The number of anilines is 1. The summed E-state index contributed by atoms with van der Waals surface area (Å²) < 4.78 is 10.4. The van der Waals surface area contributed by atoms with Gasteiger partial charge in [0, 0.05) is 6.07 Å². The predicted octanol–water partition coefficient (Wildman–Crippen LogP) is 0.985. The summed E-state index contributed by atoms with van der Waals surface area (Å²) in [4.78, 5) is 21.7. The summed E-state index contributed by atoms with van der Waals surface area (Å²) in [5, 5.41) is 2.67. The van der Waals surface area contributed by atoms with Gasteiger partial charge in [-0.1, -0.05) is 0 Å². The van der Waals surface area contributed by atoms with Crippen LogP contribution in [0.15, 0.2) is 18.2 Å². The zero-order chi connectivity index (χ0) is 11.5. The first-order valence-corrected chi connectivity index (χ1v) is 4.84. The van der Waals surface area contributed by atoms with E-state index < -0.39 is 0 Å². The maximum Gasteiger partial charge on any atom is 0.262 e. The molecule has 0 radical (unpaired) electrons. The number of ether oxygens (including phenoxy) is 2. The van der Waals surface area contributed by atoms with Crippen molar-refractivity contribution in [3.63, 3.8) is 0 Å². The number of carbonyl (C=O) groups excluding carboxylic acids is 2. The van der Waals surface area contributed by atoms with Crippen LogP contribution in [-0.4, -0.2) is 24.9 Å². The number of nitrogens with one attached hydrogen (secondary N) is 1. The molecular weight excluding hydrogens is 210 g/mol. The maximum absolute atomic E-state index is 11.0. The minimum Gasteiger partial charge on any atom is -0.486 e. The van der Waals surface area contributed by atoms with Crippen LogP contribution < -0.4 is 14.8 Å². The van der Waals surface area contributed by atoms with Crippen molar-refractivity contribution in [3.05, 3.63) is 18.2 Å². The molecule has 0 atom stereocenters. The lowest BCUT2D eigenvalue weighted by atomic mass is 10.2. The second-order valence-corrected chi connectivity index (χ2v) is 3.49. The first kappa shape index (κ1) is 10.5. The molecule has 0 bridgehead atoms. The Morgan fingerprint density at radius 2 is 2.38 bits per heavy atom. The molecule has 0 fully saturated rings. The van der Waals surface area contributed by atoms with Crippen molar-refractivity contribution < 1.29 is 19.1 Å². The third-order valence-electron chi connectivity index (χ3n) is 2.03. The van der Waals surface area contributed by atoms with Gasteiger partial charge in [-0.05, 0) is 19.1 Å². The van der Waals surface area contributed by atoms with Crippen LogP contribution in [0.5, 0.6) is 11.5 Å². The molecule has 1 aromatic carbocycles. The minimum atomic E-state index is -0.176. The molecule has 84 valence electrons. The highest BCUT2D eigenvalue weighted by molar-refractivity contribution is 5.95. The largest absolute Gasteiger partial charge is 0.486 e. The Labute approximate surface area is 92.4 Å². The number of ketones is 1. The molecular formula is C11H11NO4. The van der Waals surface area contributed by atoms with Gasteiger partial charge in [0.1, 0.15) is 18.1 Å². The highest BCUT2D eigenvalue weighted by atomic mass is 16.5. The summed E-state index contributed by atoms with van der Waals surface area (Å²) >= 11 is 0. The first-order valence-electron chi connectivity index (χ1n) is 4.84. The Kier molecular flexibility index (Phi) is 2.76. The zero-order valence-corrected chi connectivity index (χ0v) is 8.78. The molecule has 16 heavy (non-hydrogen) atoms. The summed E-state index contributed by atoms with van der Waals surface area (Å²) in [6.45, 7) is 1.49. The third kappa shape index (κ3) is 2.31. The molecule has 1 aliphatic rings. The van der Waals surface area contributed by atoms with Crippen molar-refractivity contribution in [1.82, 2.24) is 0 Å². The van der Waals surface area contributed by atoms with Gasteiger partial charge < -0.3 is 14.8 Å². The van der Waals surface area contributed by atoms with Crippen LogP contribution in [0.4, 0.5) is 5.69 Å². The fourth-order valence-corrected chi connectivity index (χ4v) is 1.33. The van der Waals surface area contributed by atoms with E-state index in [2.05, 4.69) is 5.32 Å². The molecule has 1 N–H and O–H groups in total. The Hall–Kier alpha value is -2.04. The zero-order valence-electron chi connectivity index (χ0n) is 8.78. The third-order valence-corrected chi connectivity index (χ3v) is 2.03. The highest BCUT2D eigenvalue weighted by Crippen LogP contribution is 2.31. The summed E-state index contributed by atoms with van der Waals surface area (Å²) in [5.41, 5.74) is 0.617. The van der Waals surface area contributed by atoms with Crippen molar-refractivity contribution in [2.24, 2.45) is 0 Å². The fraction of sp³-hybridized carbons (Fsp3) is 0.273. The lowest BCUT2D eigenvalue weighted by Crippen LogP contribution is -2.25. The molecule has 2 rings (SSSR count). The van der Waals surface area contributed by atoms with E-state index in [0.29, 0.717) is 17.2 Å². The molecule has 5 nitrogen and oxygen atoms in total. The second-order valence-electron chi connectivity index (χ2n) is 3.49. The molecule has 1 aromatic rings. The van der Waals surface area contributed by atoms with Gasteiger partial charge in [0.25, 0.3) is 5.91 Å². The minimum absolute atomic E-state index is 0.00314. The lowest BCUT2D eigenvalue weighted by molar-refractivity contribution is -0.119. The van der Waals surface area contributed by atoms with Crippen LogP contribution in [0.1, 0.15) is 6.92 Å². The van der Waals surface area contributed by atoms with Gasteiger partial charge in [0.2, 0.25) is 0 Å². The monoisotopic (exact) mass is 221 g/mol. The van der Waals surface area contributed by atoms with E-state index in [-0.39, 0.29) is 24.9 Å². The van der Waals surface area contributed by atoms with Crippen LogP contribution in [0.25, 0.3) is 0 Å². The highest BCUT2D eigenvalue weighted by Gasteiger charge is 2.16. The van der Waals surface area contributed by atoms with Crippen molar-refractivity contribution in [3.8, 4) is 11.5 Å². The molecule has 0 saturated carbocycles. The molecule has 1 aliphatic heterocycles. The van der Waals surface area contributed by atoms with Crippen molar-refractivity contribution >= 4 is 17.4 Å². The van der Waals surface area contributed by atoms with Crippen molar-refractivity contribution in [2.45, 2.75) is 6.92 Å². The second kappa shape index (κ2) is 4.22. The SMILES string of the molecule is CC(=O)COc1ccc2c(c1)OCC(=O)N2. The number of benzene rings is 1. The number of hydrogen-bond acceptors (Lipinski definition) is 4. The number of hydrogen-bond donors (Lipinski definition) is 1. The molecule has 0 unspecified atom stereocenters. The Morgan fingerprint density at radius 1 is 1.56 bits per heavy atom. The van der Waals surface area contributed by atoms with E-state index in [1.54, 1.807) is 18.2 Å². The quantitative estimate of drug-likeness (QED) is 0.826. The van der Waals surface area contributed by atoms with Gasteiger partial charge in [-0.15, -0.1) is 0 Å². The fourth-order valence-electron chi connectivity index (χ4n) is 1.33. The number of amides is 1. The van der Waals surface area contributed by atoms with Crippen LogP contribution in [0.3, 0.4) is 0 Å². The van der Waals surface area contributed by atoms with Crippen molar-refractivity contribution in [2.75, 3.05) is 18.5 Å².